The van der Waals surface area contributed by atoms with Crippen molar-refractivity contribution in [2.24, 2.45) is 0 Å². The molecule has 0 saturated heterocycles. The van der Waals surface area contributed by atoms with E-state index in [1.807, 2.05) is 0 Å². The monoisotopic (exact) mass is 325 g/mol. The van der Waals surface area contributed by atoms with Crippen molar-refractivity contribution in [2.75, 3.05) is 6.54 Å². The molecular formula is C16H14F3NO3. The molecule has 0 radical (unpaired) electrons. The maximum atomic E-state index is 13.6. The standard InChI is InChI=1S/C16H14F3NO3/c17-12-7-11(13(18)15(22)14(12)19)16(23)20-6-5-9-1-3-10(8-21)4-2-9/h1-4,7,21-22H,5-6,8H2,(H,20,23). The Morgan fingerprint density at radius 1 is 1.04 bits per heavy atom. The van der Waals surface area contributed by atoms with E-state index in [9.17, 15) is 18.0 Å². The van der Waals surface area contributed by atoms with Crippen LogP contribution in [0.3, 0.4) is 0 Å². The zero-order valence-corrected chi connectivity index (χ0v) is 11.9. The normalized spacial score (nSPS) is 10.6. The van der Waals surface area contributed by atoms with Crippen molar-refractivity contribution in [2.45, 2.75) is 13.0 Å². The molecule has 23 heavy (non-hydrogen) atoms. The first-order valence-corrected chi connectivity index (χ1v) is 6.77. The number of phenols is 1. The fourth-order valence-electron chi connectivity index (χ4n) is 1.98. The highest BCUT2D eigenvalue weighted by atomic mass is 19.2. The molecule has 0 heterocycles. The van der Waals surface area contributed by atoms with Gasteiger partial charge in [0, 0.05) is 6.54 Å². The molecule has 0 saturated carbocycles. The fraction of sp³-hybridized carbons (Fsp3) is 0.188. The summed E-state index contributed by atoms with van der Waals surface area (Å²) in [6.45, 7) is 0.0619. The Balaban J connectivity index is 2.00. The summed E-state index contributed by atoms with van der Waals surface area (Å²) in [5, 5.41) is 20.4. The van der Waals surface area contributed by atoms with Crippen molar-refractivity contribution in [3.8, 4) is 5.75 Å². The van der Waals surface area contributed by atoms with Crippen LogP contribution in [0.2, 0.25) is 0 Å². The number of carbonyl (C=O) groups excluding carboxylic acids is 1. The Morgan fingerprint density at radius 2 is 1.65 bits per heavy atom. The van der Waals surface area contributed by atoms with Crippen LogP contribution in [0.4, 0.5) is 13.2 Å². The number of benzene rings is 2. The molecule has 0 aliphatic carbocycles. The zero-order valence-electron chi connectivity index (χ0n) is 11.9. The summed E-state index contributed by atoms with van der Waals surface area (Å²) in [6.07, 6.45) is 0.425. The molecule has 4 nitrogen and oxygen atoms in total. The number of rotatable bonds is 5. The zero-order chi connectivity index (χ0) is 17.0. The Labute approximate surface area is 130 Å². The van der Waals surface area contributed by atoms with Gasteiger partial charge in [-0.15, -0.1) is 0 Å². The molecule has 0 fully saturated rings. The van der Waals surface area contributed by atoms with Crippen LogP contribution in [0.5, 0.6) is 5.75 Å². The minimum Gasteiger partial charge on any atom is -0.503 e. The third kappa shape index (κ3) is 3.81. The number of amides is 1. The van der Waals surface area contributed by atoms with Crippen molar-refractivity contribution in [1.29, 1.82) is 0 Å². The van der Waals surface area contributed by atoms with Crippen molar-refractivity contribution >= 4 is 5.91 Å². The lowest BCUT2D eigenvalue weighted by Gasteiger charge is -2.08. The molecule has 0 aliphatic heterocycles. The molecule has 2 aromatic rings. The Morgan fingerprint density at radius 3 is 2.26 bits per heavy atom. The summed E-state index contributed by atoms with van der Waals surface area (Å²) < 4.78 is 39.7. The third-order valence-corrected chi connectivity index (χ3v) is 3.28. The highest BCUT2D eigenvalue weighted by Gasteiger charge is 2.22. The first kappa shape index (κ1) is 16.8. The van der Waals surface area contributed by atoms with E-state index < -0.39 is 34.7 Å². The highest BCUT2D eigenvalue weighted by molar-refractivity contribution is 5.94. The maximum Gasteiger partial charge on any atom is 0.254 e. The number of nitrogens with one attached hydrogen (secondary N) is 1. The van der Waals surface area contributed by atoms with Crippen LogP contribution >= 0.6 is 0 Å². The number of aromatic hydroxyl groups is 1. The summed E-state index contributed by atoms with van der Waals surface area (Å²) in [5.41, 5.74) is 0.852. The molecule has 1 amide bonds. The molecule has 0 atom stereocenters. The van der Waals surface area contributed by atoms with Crippen LogP contribution < -0.4 is 5.32 Å². The lowest BCUT2D eigenvalue weighted by atomic mass is 10.1. The first-order valence-electron chi connectivity index (χ1n) is 6.77. The number of halogens is 3. The molecule has 0 spiro atoms. The SMILES string of the molecule is O=C(NCCc1ccc(CO)cc1)c1cc(F)c(F)c(O)c1F. The summed E-state index contributed by atoms with van der Waals surface area (Å²) in [7, 11) is 0. The van der Waals surface area contributed by atoms with Crippen LogP contribution in [0.15, 0.2) is 30.3 Å². The largest absolute Gasteiger partial charge is 0.503 e. The van der Waals surface area contributed by atoms with E-state index >= 15 is 0 Å². The van der Waals surface area contributed by atoms with E-state index in [1.165, 1.54) is 0 Å². The average Bonchev–Trinajstić information content (AvgIpc) is 2.56. The van der Waals surface area contributed by atoms with E-state index in [0.717, 1.165) is 11.1 Å². The molecule has 122 valence electrons. The Bertz CT molecular complexity index is 718. The lowest BCUT2D eigenvalue weighted by molar-refractivity contribution is 0.0948. The van der Waals surface area contributed by atoms with E-state index in [0.29, 0.717) is 12.5 Å². The molecular weight excluding hydrogens is 311 g/mol. The predicted molar refractivity (Wildman–Crippen MR) is 76.4 cm³/mol. The molecule has 0 bridgehead atoms. The summed E-state index contributed by atoms with van der Waals surface area (Å²) >= 11 is 0. The topological polar surface area (TPSA) is 69.6 Å². The molecule has 2 aromatic carbocycles. The number of hydrogen-bond donors (Lipinski definition) is 3. The van der Waals surface area contributed by atoms with Gasteiger partial charge in [0.1, 0.15) is 0 Å². The quantitative estimate of drug-likeness (QED) is 0.739. The van der Waals surface area contributed by atoms with E-state index in [1.54, 1.807) is 24.3 Å². The second-order valence-electron chi connectivity index (χ2n) is 4.86. The van der Waals surface area contributed by atoms with Crippen LogP contribution in [0, 0.1) is 17.5 Å². The second kappa shape index (κ2) is 7.15. The Hall–Kier alpha value is -2.54. The average molecular weight is 325 g/mol. The van der Waals surface area contributed by atoms with Gasteiger partial charge in [0.2, 0.25) is 5.82 Å². The van der Waals surface area contributed by atoms with Gasteiger partial charge >= 0.3 is 0 Å². The molecule has 3 N–H and O–H groups in total. The van der Waals surface area contributed by atoms with Gasteiger partial charge in [-0.2, -0.15) is 4.39 Å². The number of aliphatic hydroxyl groups excluding tert-OH is 1. The smallest absolute Gasteiger partial charge is 0.254 e. The van der Waals surface area contributed by atoms with Crippen molar-refractivity contribution in [3.05, 3.63) is 64.5 Å². The van der Waals surface area contributed by atoms with E-state index in [4.69, 9.17) is 10.2 Å². The van der Waals surface area contributed by atoms with Gasteiger partial charge in [-0.1, -0.05) is 24.3 Å². The minimum absolute atomic E-state index is 0.0735. The molecule has 2 rings (SSSR count). The predicted octanol–water partition coefficient (Wildman–Crippen LogP) is 2.27. The van der Waals surface area contributed by atoms with Gasteiger partial charge in [-0.3, -0.25) is 4.79 Å². The van der Waals surface area contributed by atoms with E-state index in [2.05, 4.69) is 5.32 Å². The number of phenolic OH excluding ortho intramolecular Hbond substituents is 1. The van der Waals surface area contributed by atoms with Gasteiger partial charge in [-0.25, -0.2) is 8.78 Å². The van der Waals surface area contributed by atoms with Crippen LogP contribution in [0.25, 0.3) is 0 Å². The van der Waals surface area contributed by atoms with Crippen LogP contribution in [0.1, 0.15) is 21.5 Å². The van der Waals surface area contributed by atoms with Crippen LogP contribution in [-0.2, 0) is 13.0 Å². The maximum absolute atomic E-state index is 13.6. The fourth-order valence-corrected chi connectivity index (χ4v) is 1.98. The second-order valence-corrected chi connectivity index (χ2v) is 4.86. The van der Waals surface area contributed by atoms with Crippen LogP contribution in [-0.4, -0.2) is 22.7 Å². The van der Waals surface area contributed by atoms with Gasteiger partial charge < -0.3 is 15.5 Å². The highest BCUT2D eigenvalue weighted by Crippen LogP contribution is 2.25. The number of aliphatic hydroxyl groups is 1. The number of carbonyl (C=O) groups is 1. The third-order valence-electron chi connectivity index (χ3n) is 3.28. The molecule has 7 heteroatoms. The van der Waals surface area contributed by atoms with Gasteiger partial charge in [0.15, 0.2) is 17.4 Å². The first-order chi connectivity index (χ1) is 10.9. The molecule has 0 unspecified atom stereocenters. The lowest BCUT2D eigenvalue weighted by Crippen LogP contribution is -2.27. The molecule has 0 aromatic heterocycles. The summed E-state index contributed by atoms with van der Waals surface area (Å²) in [6, 6.07) is 7.38. The summed E-state index contributed by atoms with van der Waals surface area (Å²) in [5.74, 6) is -7.22. The number of hydrogen-bond acceptors (Lipinski definition) is 3. The van der Waals surface area contributed by atoms with Gasteiger partial charge in [0.25, 0.3) is 5.91 Å². The van der Waals surface area contributed by atoms with Crippen molar-refractivity contribution < 1.29 is 28.2 Å². The summed E-state index contributed by atoms with van der Waals surface area (Å²) in [4.78, 5) is 11.8. The van der Waals surface area contributed by atoms with Crippen molar-refractivity contribution in [1.82, 2.24) is 5.32 Å². The van der Waals surface area contributed by atoms with E-state index in [-0.39, 0.29) is 13.2 Å². The Kier molecular flexibility index (Phi) is 5.23. The molecule has 0 aliphatic rings. The van der Waals surface area contributed by atoms with Gasteiger partial charge in [-0.05, 0) is 23.6 Å². The van der Waals surface area contributed by atoms with Crippen molar-refractivity contribution in [3.63, 3.8) is 0 Å². The minimum atomic E-state index is -1.73. The van der Waals surface area contributed by atoms with Gasteiger partial charge in [0.05, 0.1) is 12.2 Å².